The predicted octanol–water partition coefficient (Wildman–Crippen LogP) is 3.74. The van der Waals surface area contributed by atoms with Gasteiger partial charge in [0.15, 0.2) is 0 Å². The van der Waals surface area contributed by atoms with Crippen LogP contribution in [0.5, 0.6) is 5.75 Å². The first-order valence-corrected chi connectivity index (χ1v) is 7.32. The molecule has 22 heavy (non-hydrogen) atoms. The summed E-state index contributed by atoms with van der Waals surface area (Å²) in [7, 11) is 0. The van der Waals surface area contributed by atoms with Gasteiger partial charge in [-0.25, -0.2) is 4.98 Å². The zero-order chi connectivity index (χ0) is 15.7. The first-order valence-electron chi connectivity index (χ1n) is 7.32. The molecule has 0 unspecified atom stereocenters. The number of ether oxygens (including phenoxy) is 1. The largest absolute Gasteiger partial charge is 0.493 e. The van der Waals surface area contributed by atoms with Gasteiger partial charge in [0, 0.05) is 0 Å². The number of hydrogen-bond donors (Lipinski definition) is 0. The normalized spacial score (nSPS) is 10.9. The van der Waals surface area contributed by atoms with E-state index in [4.69, 9.17) is 4.74 Å². The highest BCUT2D eigenvalue weighted by atomic mass is 16.5. The van der Waals surface area contributed by atoms with Crippen LogP contribution in [0.4, 0.5) is 0 Å². The number of hydrogen-bond acceptors (Lipinski definition) is 3. The van der Waals surface area contributed by atoms with Crippen LogP contribution < -0.4 is 4.74 Å². The van der Waals surface area contributed by atoms with Crippen LogP contribution in [0.2, 0.25) is 0 Å². The Morgan fingerprint density at radius 3 is 2.68 bits per heavy atom. The minimum Gasteiger partial charge on any atom is -0.493 e. The molecule has 0 aliphatic rings. The maximum atomic E-state index is 12.9. The maximum Gasteiger partial charge on any atom is 0.267 e. The standard InChI is InChI=1S/C18H18N2O2/c1-4-22-17-8-6-5-7-14(17)18(21)20-11-19-15-9-12(2)13(3)10-16(15)20/h5-11H,4H2,1-3H3. The van der Waals surface area contributed by atoms with Crippen LogP contribution in [0.3, 0.4) is 0 Å². The Morgan fingerprint density at radius 1 is 1.18 bits per heavy atom. The zero-order valence-corrected chi connectivity index (χ0v) is 13.0. The van der Waals surface area contributed by atoms with Crippen molar-refractivity contribution in [3.05, 3.63) is 59.4 Å². The lowest BCUT2D eigenvalue weighted by Crippen LogP contribution is -2.12. The Labute approximate surface area is 129 Å². The molecule has 0 aliphatic heterocycles. The van der Waals surface area contributed by atoms with Crippen LogP contribution in [0, 0.1) is 13.8 Å². The Kier molecular flexibility index (Phi) is 3.67. The summed E-state index contributed by atoms with van der Waals surface area (Å²) in [6, 6.07) is 11.3. The Bertz CT molecular complexity index is 849. The number of para-hydroxylation sites is 1. The van der Waals surface area contributed by atoms with Crippen molar-refractivity contribution < 1.29 is 9.53 Å². The molecule has 112 valence electrons. The van der Waals surface area contributed by atoms with Gasteiger partial charge in [-0.05, 0) is 56.2 Å². The Balaban J connectivity index is 2.12. The summed E-state index contributed by atoms with van der Waals surface area (Å²) in [5.74, 6) is 0.468. The van der Waals surface area contributed by atoms with Crippen LogP contribution in [-0.4, -0.2) is 22.1 Å². The summed E-state index contributed by atoms with van der Waals surface area (Å²) in [6.07, 6.45) is 1.58. The quantitative estimate of drug-likeness (QED) is 0.739. The van der Waals surface area contributed by atoms with Gasteiger partial charge in [-0.15, -0.1) is 0 Å². The van der Waals surface area contributed by atoms with E-state index in [1.807, 2.05) is 51.1 Å². The smallest absolute Gasteiger partial charge is 0.267 e. The van der Waals surface area contributed by atoms with Crippen molar-refractivity contribution in [3.63, 3.8) is 0 Å². The van der Waals surface area contributed by atoms with Crippen molar-refractivity contribution in [1.29, 1.82) is 0 Å². The number of carbonyl (C=O) groups excluding carboxylic acids is 1. The van der Waals surface area contributed by atoms with Crippen molar-refractivity contribution in [2.24, 2.45) is 0 Å². The number of aromatic nitrogens is 2. The molecule has 4 nitrogen and oxygen atoms in total. The minimum atomic E-state index is -0.130. The van der Waals surface area contributed by atoms with Crippen LogP contribution in [0.25, 0.3) is 11.0 Å². The third kappa shape index (κ3) is 2.37. The molecule has 1 heterocycles. The van der Waals surface area contributed by atoms with Crippen molar-refractivity contribution >= 4 is 16.9 Å². The number of fused-ring (bicyclic) bond motifs is 1. The average molecular weight is 294 g/mol. The monoisotopic (exact) mass is 294 g/mol. The highest BCUT2D eigenvalue weighted by Gasteiger charge is 2.17. The van der Waals surface area contributed by atoms with Crippen molar-refractivity contribution in [1.82, 2.24) is 9.55 Å². The second kappa shape index (κ2) is 5.64. The summed E-state index contributed by atoms with van der Waals surface area (Å²) in [6.45, 7) is 6.50. The molecule has 3 rings (SSSR count). The van der Waals surface area contributed by atoms with Gasteiger partial charge in [-0.2, -0.15) is 0 Å². The molecular weight excluding hydrogens is 276 g/mol. The fourth-order valence-electron chi connectivity index (χ4n) is 2.48. The van der Waals surface area contributed by atoms with Gasteiger partial charge in [0.2, 0.25) is 0 Å². The molecule has 0 atom stereocenters. The van der Waals surface area contributed by atoms with E-state index in [0.717, 1.165) is 16.6 Å². The first-order chi connectivity index (χ1) is 10.6. The Hall–Kier alpha value is -2.62. The zero-order valence-electron chi connectivity index (χ0n) is 13.0. The molecule has 0 spiro atoms. The van der Waals surface area contributed by atoms with Gasteiger partial charge >= 0.3 is 0 Å². The number of carbonyl (C=O) groups is 1. The van der Waals surface area contributed by atoms with Gasteiger partial charge in [0.05, 0.1) is 23.2 Å². The van der Waals surface area contributed by atoms with E-state index in [-0.39, 0.29) is 5.91 Å². The van der Waals surface area contributed by atoms with Crippen molar-refractivity contribution in [2.45, 2.75) is 20.8 Å². The van der Waals surface area contributed by atoms with E-state index >= 15 is 0 Å². The number of benzene rings is 2. The molecule has 2 aromatic carbocycles. The van der Waals surface area contributed by atoms with Gasteiger partial charge in [0.25, 0.3) is 5.91 Å². The fraction of sp³-hybridized carbons (Fsp3) is 0.222. The lowest BCUT2D eigenvalue weighted by Gasteiger charge is -2.10. The van der Waals surface area contributed by atoms with E-state index in [0.29, 0.717) is 17.9 Å². The maximum absolute atomic E-state index is 12.9. The summed E-state index contributed by atoms with van der Waals surface area (Å²) in [5.41, 5.74) is 4.49. The number of aryl methyl sites for hydroxylation is 2. The number of rotatable bonds is 3. The van der Waals surface area contributed by atoms with Crippen LogP contribution in [0.1, 0.15) is 28.4 Å². The van der Waals surface area contributed by atoms with Gasteiger partial charge < -0.3 is 4.74 Å². The molecule has 0 amide bonds. The molecule has 3 aromatic rings. The first kappa shape index (κ1) is 14.3. The fourth-order valence-corrected chi connectivity index (χ4v) is 2.48. The third-order valence-electron chi connectivity index (χ3n) is 3.80. The molecule has 0 saturated heterocycles. The van der Waals surface area contributed by atoms with Gasteiger partial charge in [0.1, 0.15) is 12.1 Å². The van der Waals surface area contributed by atoms with E-state index in [2.05, 4.69) is 4.98 Å². The second-order valence-corrected chi connectivity index (χ2v) is 5.27. The lowest BCUT2D eigenvalue weighted by atomic mass is 10.1. The molecule has 0 radical (unpaired) electrons. The summed E-state index contributed by atoms with van der Waals surface area (Å²) in [5, 5.41) is 0. The molecule has 4 heteroatoms. The van der Waals surface area contributed by atoms with Crippen LogP contribution >= 0.6 is 0 Å². The Morgan fingerprint density at radius 2 is 1.91 bits per heavy atom. The van der Waals surface area contributed by atoms with E-state index in [1.54, 1.807) is 17.0 Å². The topological polar surface area (TPSA) is 44.1 Å². The highest BCUT2D eigenvalue weighted by molar-refractivity contribution is 6.03. The molecule has 1 aromatic heterocycles. The minimum absolute atomic E-state index is 0.130. The van der Waals surface area contributed by atoms with Crippen molar-refractivity contribution in [2.75, 3.05) is 6.61 Å². The van der Waals surface area contributed by atoms with E-state index in [1.165, 1.54) is 5.56 Å². The highest BCUT2D eigenvalue weighted by Crippen LogP contribution is 2.23. The van der Waals surface area contributed by atoms with E-state index in [9.17, 15) is 4.79 Å². The summed E-state index contributed by atoms with van der Waals surface area (Å²) < 4.78 is 7.14. The van der Waals surface area contributed by atoms with Crippen molar-refractivity contribution in [3.8, 4) is 5.75 Å². The van der Waals surface area contributed by atoms with Gasteiger partial charge in [-0.1, -0.05) is 12.1 Å². The predicted molar refractivity (Wildman–Crippen MR) is 86.5 cm³/mol. The third-order valence-corrected chi connectivity index (χ3v) is 3.80. The summed E-state index contributed by atoms with van der Waals surface area (Å²) in [4.78, 5) is 17.2. The van der Waals surface area contributed by atoms with Gasteiger partial charge in [-0.3, -0.25) is 9.36 Å². The average Bonchev–Trinajstić information content (AvgIpc) is 2.91. The molecule has 0 bridgehead atoms. The molecule has 0 saturated carbocycles. The van der Waals surface area contributed by atoms with Crippen LogP contribution in [0.15, 0.2) is 42.7 Å². The molecule has 0 fully saturated rings. The molecular formula is C18H18N2O2. The van der Waals surface area contributed by atoms with Crippen LogP contribution in [-0.2, 0) is 0 Å². The molecule has 0 N–H and O–H groups in total. The number of imidazole rings is 1. The summed E-state index contributed by atoms with van der Waals surface area (Å²) >= 11 is 0. The van der Waals surface area contributed by atoms with E-state index < -0.39 is 0 Å². The lowest BCUT2D eigenvalue weighted by molar-refractivity contribution is 0.0960. The SMILES string of the molecule is CCOc1ccccc1C(=O)n1cnc2cc(C)c(C)cc21. The second-order valence-electron chi connectivity index (χ2n) is 5.27. The number of nitrogens with zero attached hydrogens (tertiary/aromatic N) is 2. The molecule has 0 aliphatic carbocycles.